The van der Waals surface area contributed by atoms with Gasteiger partial charge in [0.2, 0.25) is 0 Å². The first-order chi connectivity index (χ1) is 10.4. The third-order valence-electron chi connectivity index (χ3n) is 3.62. The number of carbonyl (C=O) groups excluding carboxylic acids is 1. The van der Waals surface area contributed by atoms with Gasteiger partial charge in [0.1, 0.15) is 5.69 Å². The molecule has 1 heterocycles. The first kappa shape index (κ1) is 15.9. The Labute approximate surface area is 132 Å². The number of amides is 1. The molecule has 1 aromatic heterocycles. The second kappa shape index (κ2) is 6.56. The van der Waals surface area contributed by atoms with Crippen molar-refractivity contribution in [3.8, 4) is 0 Å². The fraction of sp³-hybridized carbons (Fsp3) is 0.353. The Kier molecular flexibility index (Phi) is 4.75. The average Bonchev–Trinajstić information content (AvgIpc) is 2.85. The monoisotopic (exact) mass is 300 g/mol. The molecule has 0 aliphatic rings. The molecule has 22 heavy (non-hydrogen) atoms. The average molecular weight is 300 g/mol. The van der Waals surface area contributed by atoms with Gasteiger partial charge in [0.25, 0.3) is 5.91 Å². The van der Waals surface area contributed by atoms with E-state index in [1.165, 1.54) is 11.3 Å². The molecular weight excluding hydrogens is 276 g/mol. The predicted octanol–water partition coefficient (Wildman–Crippen LogP) is 2.41. The maximum atomic E-state index is 12.2. The number of benzene rings is 1. The van der Waals surface area contributed by atoms with Crippen molar-refractivity contribution in [2.75, 3.05) is 38.4 Å². The quantitative estimate of drug-likeness (QED) is 0.922. The van der Waals surface area contributed by atoms with E-state index >= 15 is 0 Å². The van der Waals surface area contributed by atoms with Crippen molar-refractivity contribution in [2.45, 2.75) is 6.54 Å². The Balaban J connectivity index is 2.10. The molecule has 0 aliphatic carbocycles. The first-order valence-electron chi connectivity index (χ1n) is 7.27. The molecular formula is C17H24N4O. The van der Waals surface area contributed by atoms with Crippen LogP contribution < -0.4 is 10.2 Å². The van der Waals surface area contributed by atoms with Crippen molar-refractivity contribution < 1.29 is 4.79 Å². The molecule has 0 fully saturated rings. The van der Waals surface area contributed by atoms with Crippen molar-refractivity contribution in [1.29, 1.82) is 0 Å². The Morgan fingerprint density at radius 1 is 1.09 bits per heavy atom. The van der Waals surface area contributed by atoms with Crippen molar-refractivity contribution >= 4 is 17.3 Å². The molecule has 0 spiro atoms. The molecule has 0 atom stereocenters. The molecule has 1 N–H and O–H groups in total. The highest BCUT2D eigenvalue weighted by atomic mass is 16.2. The zero-order valence-electron chi connectivity index (χ0n) is 13.9. The Bertz CT molecular complexity index is 641. The fourth-order valence-electron chi connectivity index (χ4n) is 2.26. The molecule has 1 amide bonds. The van der Waals surface area contributed by atoms with Gasteiger partial charge in [-0.15, -0.1) is 0 Å². The second-order valence-corrected chi connectivity index (χ2v) is 5.80. The van der Waals surface area contributed by atoms with Gasteiger partial charge in [-0.2, -0.15) is 0 Å². The highest BCUT2D eigenvalue weighted by molar-refractivity contribution is 5.98. The lowest BCUT2D eigenvalue weighted by Gasteiger charge is -2.15. The molecule has 0 radical (unpaired) electrons. The van der Waals surface area contributed by atoms with Crippen LogP contribution in [0.15, 0.2) is 36.5 Å². The molecule has 2 rings (SSSR count). The Morgan fingerprint density at radius 2 is 1.73 bits per heavy atom. The maximum absolute atomic E-state index is 12.2. The standard InChI is InChI=1S/C17H24N4O/c1-19(2)14-8-6-13(7-9-14)12-18-15-10-11-21(5)16(15)17(22)20(3)4/h6-11,18H,12H2,1-5H3. The highest BCUT2D eigenvalue weighted by Crippen LogP contribution is 2.19. The van der Waals surface area contributed by atoms with Crippen LogP contribution in [-0.2, 0) is 13.6 Å². The summed E-state index contributed by atoms with van der Waals surface area (Å²) in [6.45, 7) is 0.686. The number of anilines is 2. The number of hydrogen-bond acceptors (Lipinski definition) is 3. The van der Waals surface area contributed by atoms with Crippen LogP contribution in [0, 0.1) is 0 Å². The summed E-state index contributed by atoms with van der Waals surface area (Å²) >= 11 is 0. The molecule has 0 aliphatic heterocycles. The molecule has 118 valence electrons. The SMILES string of the molecule is CN(C)C(=O)c1c(NCc2ccc(N(C)C)cc2)ccn1C. The van der Waals surface area contributed by atoms with Crippen LogP contribution in [-0.4, -0.2) is 43.6 Å². The van der Waals surface area contributed by atoms with Gasteiger partial charge in [-0.1, -0.05) is 12.1 Å². The lowest BCUT2D eigenvalue weighted by atomic mass is 10.2. The van der Waals surface area contributed by atoms with Gasteiger partial charge in [0.05, 0.1) is 5.69 Å². The van der Waals surface area contributed by atoms with Crippen LogP contribution in [0.25, 0.3) is 0 Å². The summed E-state index contributed by atoms with van der Waals surface area (Å²) in [6, 6.07) is 10.3. The third kappa shape index (κ3) is 3.42. The second-order valence-electron chi connectivity index (χ2n) is 5.80. The van der Waals surface area contributed by atoms with Crippen molar-refractivity contribution in [1.82, 2.24) is 9.47 Å². The van der Waals surface area contributed by atoms with Gasteiger partial charge in [0, 0.05) is 53.7 Å². The lowest BCUT2D eigenvalue weighted by Crippen LogP contribution is -2.25. The van der Waals surface area contributed by atoms with Gasteiger partial charge in [-0.25, -0.2) is 0 Å². The third-order valence-corrected chi connectivity index (χ3v) is 3.62. The summed E-state index contributed by atoms with van der Waals surface area (Å²) in [4.78, 5) is 15.9. The smallest absolute Gasteiger partial charge is 0.272 e. The van der Waals surface area contributed by atoms with Crippen LogP contribution in [0.1, 0.15) is 16.1 Å². The van der Waals surface area contributed by atoms with Crippen molar-refractivity contribution in [2.24, 2.45) is 7.05 Å². The van der Waals surface area contributed by atoms with Crippen LogP contribution in [0.3, 0.4) is 0 Å². The van der Waals surface area contributed by atoms with E-state index in [4.69, 9.17) is 0 Å². The number of aryl methyl sites for hydroxylation is 1. The van der Waals surface area contributed by atoms with Gasteiger partial charge >= 0.3 is 0 Å². The minimum absolute atomic E-state index is 0.00189. The number of aromatic nitrogens is 1. The van der Waals surface area contributed by atoms with Crippen LogP contribution in [0.5, 0.6) is 0 Å². The maximum Gasteiger partial charge on any atom is 0.272 e. The number of carbonyl (C=O) groups is 1. The predicted molar refractivity (Wildman–Crippen MR) is 91.5 cm³/mol. The van der Waals surface area contributed by atoms with Crippen LogP contribution in [0.2, 0.25) is 0 Å². The molecule has 0 saturated carbocycles. The van der Waals surface area contributed by atoms with Gasteiger partial charge < -0.3 is 19.7 Å². The number of nitrogens with one attached hydrogen (secondary N) is 1. The van der Waals surface area contributed by atoms with E-state index in [0.29, 0.717) is 12.2 Å². The largest absolute Gasteiger partial charge is 0.379 e. The van der Waals surface area contributed by atoms with E-state index in [1.54, 1.807) is 19.0 Å². The lowest BCUT2D eigenvalue weighted by molar-refractivity contribution is 0.0819. The fourth-order valence-corrected chi connectivity index (χ4v) is 2.26. The summed E-state index contributed by atoms with van der Waals surface area (Å²) < 4.78 is 1.85. The van der Waals surface area contributed by atoms with Gasteiger partial charge in [-0.05, 0) is 23.8 Å². The van der Waals surface area contributed by atoms with E-state index in [-0.39, 0.29) is 5.91 Å². The minimum atomic E-state index is -0.00189. The van der Waals surface area contributed by atoms with E-state index in [9.17, 15) is 4.79 Å². The van der Waals surface area contributed by atoms with E-state index in [1.807, 2.05) is 38.0 Å². The van der Waals surface area contributed by atoms with E-state index in [2.05, 4.69) is 34.5 Å². The normalized spacial score (nSPS) is 10.4. The molecule has 5 heteroatoms. The van der Waals surface area contributed by atoms with Crippen LogP contribution >= 0.6 is 0 Å². The summed E-state index contributed by atoms with van der Waals surface area (Å²) in [5, 5.41) is 3.35. The molecule has 2 aromatic rings. The number of hydrogen-bond donors (Lipinski definition) is 1. The molecule has 1 aromatic carbocycles. The molecule has 0 bridgehead atoms. The van der Waals surface area contributed by atoms with E-state index < -0.39 is 0 Å². The Morgan fingerprint density at radius 3 is 2.27 bits per heavy atom. The minimum Gasteiger partial charge on any atom is -0.379 e. The van der Waals surface area contributed by atoms with Gasteiger partial charge in [-0.3, -0.25) is 4.79 Å². The van der Waals surface area contributed by atoms with Gasteiger partial charge in [0.15, 0.2) is 0 Å². The van der Waals surface area contributed by atoms with Crippen LogP contribution in [0.4, 0.5) is 11.4 Å². The summed E-state index contributed by atoms with van der Waals surface area (Å²) in [5.41, 5.74) is 3.89. The topological polar surface area (TPSA) is 40.5 Å². The summed E-state index contributed by atoms with van der Waals surface area (Å²) in [6.07, 6.45) is 1.90. The van der Waals surface area contributed by atoms with E-state index in [0.717, 1.165) is 5.69 Å². The summed E-state index contributed by atoms with van der Waals surface area (Å²) in [7, 11) is 9.46. The first-order valence-corrected chi connectivity index (χ1v) is 7.27. The molecule has 5 nitrogen and oxygen atoms in total. The van der Waals surface area contributed by atoms with Crippen molar-refractivity contribution in [3.63, 3.8) is 0 Å². The molecule has 0 saturated heterocycles. The summed E-state index contributed by atoms with van der Waals surface area (Å²) in [5.74, 6) is -0.00189. The highest BCUT2D eigenvalue weighted by Gasteiger charge is 2.16. The zero-order valence-corrected chi connectivity index (χ0v) is 13.9. The molecule has 0 unspecified atom stereocenters. The Hall–Kier alpha value is -2.43. The van der Waals surface area contributed by atoms with Crippen molar-refractivity contribution in [3.05, 3.63) is 47.8 Å². The zero-order chi connectivity index (χ0) is 16.3. The number of rotatable bonds is 5. The number of nitrogens with zero attached hydrogens (tertiary/aromatic N) is 3.